The summed E-state index contributed by atoms with van der Waals surface area (Å²) in [6.07, 6.45) is 6.29. The Hall–Kier alpha value is -1.26. The number of piperidine rings is 1. The van der Waals surface area contributed by atoms with E-state index in [-0.39, 0.29) is 11.9 Å². The minimum absolute atomic E-state index is 0.140. The van der Waals surface area contributed by atoms with E-state index in [1.54, 1.807) is 12.2 Å². The molecule has 0 atom stereocenters. The van der Waals surface area contributed by atoms with Gasteiger partial charge in [0, 0.05) is 23.2 Å². The van der Waals surface area contributed by atoms with Crippen LogP contribution in [0.25, 0.3) is 0 Å². The number of carbonyl (C=O) groups is 1. The molecule has 0 aromatic rings. The van der Waals surface area contributed by atoms with Gasteiger partial charge in [-0.1, -0.05) is 24.3 Å². The molecule has 4 nitrogen and oxygen atoms in total. The lowest BCUT2D eigenvalue weighted by Gasteiger charge is -2.38. The Balaban J connectivity index is 2.32. The van der Waals surface area contributed by atoms with Gasteiger partial charge in [-0.05, 0) is 38.4 Å². The van der Waals surface area contributed by atoms with Crippen LogP contribution in [-0.2, 0) is 4.79 Å². The van der Waals surface area contributed by atoms with E-state index in [1.165, 1.54) is 0 Å². The third kappa shape index (κ3) is 3.19. The van der Waals surface area contributed by atoms with E-state index in [4.69, 9.17) is 17.3 Å². The molecule has 0 aromatic heterocycles. The molecular formula is C14H20ClN3O. The van der Waals surface area contributed by atoms with E-state index in [0.717, 1.165) is 37.3 Å². The van der Waals surface area contributed by atoms with Gasteiger partial charge in [0.2, 0.25) is 5.91 Å². The zero-order valence-electron chi connectivity index (χ0n) is 11.0. The molecule has 0 saturated carbocycles. The second-order valence-electron chi connectivity index (χ2n) is 4.89. The van der Waals surface area contributed by atoms with Crippen LogP contribution in [0.3, 0.4) is 0 Å². The Labute approximate surface area is 119 Å². The maximum absolute atomic E-state index is 12.2. The number of nitrogens with zero attached hydrogens (tertiary/aromatic N) is 1. The second-order valence-corrected chi connectivity index (χ2v) is 5.33. The average molecular weight is 282 g/mol. The molecule has 1 fully saturated rings. The summed E-state index contributed by atoms with van der Waals surface area (Å²) in [6.45, 7) is 5.49. The zero-order valence-corrected chi connectivity index (χ0v) is 11.7. The topological polar surface area (TPSA) is 58.4 Å². The van der Waals surface area contributed by atoms with Gasteiger partial charge in [-0.15, -0.1) is 0 Å². The average Bonchev–Trinajstić information content (AvgIpc) is 2.44. The molecule has 2 heterocycles. The van der Waals surface area contributed by atoms with Crippen molar-refractivity contribution < 1.29 is 4.79 Å². The van der Waals surface area contributed by atoms with Crippen molar-refractivity contribution >= 4 is 17.5 Å². The van der Waals surface area contributed by atoms with Crippen LogP contribution in [0.1, 0.15) is 25.7 Å². The fourth-order valence-corrected chi connectivity index (χ4v) is 2.70. The van der Waals surface area contributed by atoms with Gasteiger partial charge in [-0.3, -0.25) is 4.79 Å². The fraction of sp³-hybridized carbons (Fsp3) is 0.500. The normalized spacial score (nSPS) is 22.9. The maximum atomic E-state index is 12.2. The van der Waals surface area contributed by atoms with Gasteiger partial charge in [0.25, 0.3) is 0 Å². The number of hydrogen-bond acceptors (Lipinski definition) is 3. The van der Waals surface area contributed by atoms with Crippen LogP contribution < -0.4 is 11.1 Å². The quantitative estimate of drug-likeness (QED) is 0.776. The monoisotopic (exact) mass is 281 g/mol. The van der Waals surface area contributed by atoms with E-state index >= 15 is 0 Å². The highest BCUT2D eigenvalue weighted by Crippen LogP contribution is 2.28. The molecule has 0 unspecified atom stereocenters. The lowest BCUT2D eigenvalue weighted by Crippen LogP contribution is -2.47. The minimum Gasteiger partial charge on any atom is -0.400 e. The molecule has 3 N–H and O–H groups in total. The number of amides is 1. The summed E-state index contributed by atoms with van der Waals surface area (Å²) in [7, 11) is 0. The van der Waals surface area contributed by atoms with Crippen molar-refractivity contribution in [1.82, 2.24) is 10.2 Å². The van der Waals surface area contributed by atoms with Crippen LogP contribution in [0.4, 0.5) is 0 Å². The molecule has 104 valence electrons. The summed E-state index contributed by atoms with van der Waals surface area (Å²) in [5.74, 6) is 0.140. The Morgan fingerprint density at radius 3 is 2.74 bits per heavy atom. The van der Waals surface area contributed by atoms with Crippen LogP contribution in [0.5, 0.6) is 0 Å². The Morgan fingerprint density at radius 1 is 1.42 bits per heavy atom. The first-order chi connectivity index (χ1) is 9.13. The Morgan fingerprint density at radius 2 is 2.11 bits per heavy atom. The lowest BCUT2D eigenvalue weighted by atomic mass is 9.99. The lowest BCUT2D eigenvalue weighted by molar-refractivity contribution is -0.132. The number of nitrogens with two attached hydrogens (primary N) is 1. The predicted octanol–water partition coefficient (Wildman–Crippen LogP) is 1.84. The highest BCUT2D eigenvalue weighted by molar-refractivity contribution is 6.31. The van der Waals surface area contributed by atoms with E-state index in [9.17, 15) is 4.79 Å². The second kappa shape index (κ2) is 6.26. The number of allylic oxidation sites excluding steroid dienone is 4. The zero-order chi connectivity index (χ0) is 13.8. The SMILES string of the molecule is C=C/C(Cl)=C\C1=C(N)CCC(=O)N1C1CCNCC1. The molecule has 0 bridgehead atoms. The van der Waals surface area contributed by atoms with Gasteiger partial charge in [0.05, 0.1) is 5.70 Å². The summed E-state index contributed by atoms with van der Waals surface area (Å²) < 4.78 is 0. The van der Waals surface area contributed by atoms with Gasteiger partial charge >= 0.3 is 0 Å². The third-order valence-corrected chi connectivity index (χ3v) is 3.87. The number of carbonyl (C=O) groups excluding carboxylic acids is 1. The van der Waals surface area contributed by atoms with Gasteiger partial charge in [0.1, 0.15) is 0 Å². The minimum atomic E-state index is 0.140. The molecule has 5 heteroatoms. The summed E-state index contributed by atoms with van der Waals surface area (Å²) >= 11 is 6.02. The molecule has 0 aliphatic carbocycles. The first kappa shape index (κ1) is 14.2. The summed E-state index contributed by atoms with van der Waals surface area (Å²) in [4.78, 5) is 14.1. The summed E-state index contributed by atoms with van der Waals surface area (Å²) in [5, 5.41) is 3.81. The van der Waals surface area contributed by atoms with Gasteiger partial charge in [0.15, 0.2) is 0 Å². The highest BCUT2D eigenvalue weighted by atomic mass is 35.5. The summed E-state index contributed by atoms with van der Waals surface area (Å²) in [6, 6.07) is 0.216. The van der Waals surface area contributed by atoms with Crippen LogP contribution in [-0.4, -0.2) is 29.9 Å². The smallest absolute Gasteiger partial charge is 0.227 e. The molecule has 1 saturated heterocycles. The molecule has 0 aromatic carbocycles. The van der Waals surface area contributed by atoms with Crippen LogP contribution in [0, 0.1) is 0 Å². The first-order valence-corrected chi connectivity index (χ1v) is 7.02. The molecular weight excluding hydrogens is 262 g/mol. The fourth-order valence-electron chi connectivity index (χ4n) is 2.60. The van der Waals surface area contributed by atoms with Crippen molar-refractivity contribution in [2.75, 3.05) is 13.1 Å². The standard InChI is InChI=1S/C14H20ClN3O/c1-2-10(15)9-13-12(16)3-4-14(19)18(13)11-5-7-17-8-6-11/h2,9,11,17H,1,3-8,16H2/b10-9+. The van der Waals surface area contributed by atoms with E-state index in [1.807, 2.05) is 4.90 Å². The van der Waals surface area contributed by atoms with Crippen LogP contribution in [0.15, 0.2) is 35.2 Å². The number of hydrogen-bond donors (Lipinski definition) is 2. The number of rotatable bonds is 3. The van der Waals surface area contributed by atoms with Crippen molar-refractivity contribution in [1.29, 1.82) is 0 Å². The van der Waals surface area contributed by atoms with Crippen molar-refractivity contribution in [3.63, 3.8) is 0 Å². The highest BCUT2D eigenvalue weighted by Gasteiger charge is 2.31. The number of nitrogens with one attached hydrogen (secondary N) is 1. The van der Waals surface area contributed by atoms with Crippen molar-refractivity contribution in [3.8, 4) is 0 Å². The first-order valence-electron chi connectivity index (χ1n) is 6.64. The molecule has 0 spiro atoms. The molecule has 2 aliphatic heterocycles. The summed E-state index contributed by atoms with van der Waals surface area (Å²) in [5.41, 5.74) is 7.57. The largest absolute Gasteiger partial charge is 0.400 e. The molecule has 0 radical (unpaired) electrons. The molecule has 19 heavy (non-hydrogen) atoms. The van der Waals surface area contributed by atoms with E-state index in [2.05, 4.69) is 11.9 Å². The van der Waals surface area contributed by atoms with Crippen LogP contribution in [0.2, 0.25) is 0 Å². The van der Waals surface area contributed by atoms with Crippen molar-refractivity contribution in [3.05, 3.63) is 35.2 Å². The molecule has 1 amide bonds. The Bertz CT molecular complexity index is 436. The van der Waals surface area contributed by atoms with Gasteiger partial charge in [-0.25, -0.2) is 0 Å². The maximum Gasteiger partial charge on any atom is 0.227 e. The third-order valence-electron chi connectivity index (χ3n) is 3.61. The molecule has 2 rings (SSSR count). The van der Waals surface area contributed by atoms with E-state index in [0.29, 0.717) is 17.9 Å². The number of halogens is 1. The van der Waals surface area contributed by atoms with E-state index < -0.39 is 0 Å². The van der Waals surface area contributed by atoms with Gasteiger partial charge in [-0.2, -0.15) is 0 Å². The van der Waals surface area contributed by atoms with Crippen molar-refractivity contribution in [2.45, 2.75) is 31.7 Å². The predicted molar refractivity (Wildman–Crippen MR) is 77.3 cm³/mol. The van der Waals surface area contributed by atoms with Crippen LogP contribution >= 0.6 is 11.6 Å². The molecule has 2 aliphatic rings. The van der Waals surface area contributed by atoms with Crippen molar-refractivity contribution in [2.24, 2.45) is 5.73 Å². The van der Waals surface area contributed by atoms with Gasteiger partial charge < -0.3 is 16.0 Å². The Kier molecular flexibility index (Phi) is 4.66.